The maximum Gasteiger partial charge on any atom is 0.256 e. The number of nitrogens with one attached hydrogen (secondary N) is 1. The number of aryl methyl sites for hydroxylation is 5. The third-order valence-corrected chi connectivity index (χ3v) is 10.9. The molecule has 8 aromatic rings. The van der Waals surface area contributed by atoms with Gasteiger partial charge >= 0.3 is 0 Å². The number of aliphatic hydroxyl groups is 2. The Morgan fingerprint density at radius 1 is 0.727 bits per heavy atom. The molecule has 8 rings (SSSR count). The van der Waals surface area contributed by atoms with Crippen molar-refractivity contribution in [3.8, 4) is 12.1 Å². The summed E-state index contributed by atoms with van der Waals surface area (Å²) in [4.78, 5) is 42.0. The molecule has 0 radical (unpaired) electrons. The number of primary amides is 1. The first-order valence-corrected chi connectivity index (χ1v) is 20.9. The average Bonchev–Trinajstić information content (AvgIpc) is 3.67. The number of nitrogen functional groups attached to an aromatic ring is 1. The van der Waals surface area contributed by atoms with Gasteiger partial charge in [-0.05, 0) is 162 Å². The van der Waals surface area contributed by atoms with Gasteiger partial charge in [-0.3, -0.25) is 29.2 Å². The molecule has 16 heteroatoms. The topological polar surface area (TPSA) is 256 Å². The molecule has 7 N–H and O–H groups in total. The maximum atomic E-state index is 12.9. The number of nitrogens with two attached hydrogens (primary N) is 2. The van der Waals surface area contributed by atoms with E-state index < -0.39 is 11.8 Å². The Labute approximate surface area is 397 Å². The molecule has 0 atom stereocenters. The summed E-state index contributed by atoms with van der Waals surface area (Å²) >= 11 is 2.25. The van der Waals surface area contributed by atoms with Crippen LogP contribution in [0.4, 0.5) is 5.82 Å². The van der Waals surface area contributed by atoms with E-state index in [1.54, 1.807) is 30.6 Å². The molecule has 0 fully saturated rings. The van der Waals surface area contributed by atoms with Gasteiger partial charge in [-0.25, -0.2) is 4.98 Å². The smallest absolute Gasteiger partial charge is 0.256 e. The van der Waals surface area contributed by atoms with Crippen LogP contribution in [0, 0.1) is 60.9 Å². The molecule has 66 heavy (non-hydrogen) atoms. The van der Waals surface area contributed by atoms with E-state index in [2.05, 4.69) is 65.1 Å². The number of hydrogen-bond acceptors (Lipinski definition) is 12. The summed E-state index contributed by atoms with van der Waals surface area (Å²) in [5.74, 6) is -0.601. The minimum atomic E-state index is -0.589. The predicted molar refractivity (Wildman–Crippen MR) is 266 cm³/mol. The summed E-state index contributed by atoms with van der Waals surface area (Å²) in [5, 5.41) is 46.5. The second kappa shape index (κ2) is 22.5. The summed E-state index contributed by atoms with van der Waals surface area (Å²) in [7, 11) is 0. The highest BCUT2D eigenvalue weighted by Gasteiger charge is 2.19. The summed E-state index contributed by atoms with van der Waals surface area (Å²) in [6, 6.07) is 22.8. The van der Waals surface area contributed by atoms with Crippen LogP contribution in [0.25, 0.3) is 32.7 Å². The second-order valence-corrected chi connectivity index (χ2v) is 16.4. The fourth-order valence-electron chi connectivity index (χ4n) is 7.12. The number of nitriles is 2. The Kier molecular flexibility index (Phi) is 17.5. The molecule has 0 aliphatic carbocycles. The van der Waals surface area contributed by atoms with Gasteiger partial charge in [0, 0.05) is 56.8 Å². The standard InChI is InChI=1S/C25H24N8O2.C12H10N2O.C11H10INO.2CH4/c1-13-4-17-6-16(7-18(24(28)34)23(17)29-9-13)11-33-12-20(21(8-26)32-33)25(35)30-10-19-14(2)5-22(27)31-15(19)3;1-8-2-10-3-9(7-15)4-11(5-13)12(10)14-6-8;1-7-2-9-3-8(6-14)4-10(12)11(9)13-5-7;;/h4-7,9,12H,10-11H2,1-3H3,(H2,27,31)(H2,28,34)(H,30,35);2-4,6,15H,7H2,1H3;2-5,14H,6H2,1H3;2*1H4. The Bertz CT molecular complexity index is 3170. The number of carbonyl (C=O) groups excluding carboxylic acids is 2. The van der Waals surface area contributed by atoms with Gasteiger partial charge in [-0.2, -0.15) is 15.6 Å². The number of benzene rings is 3. The molecule has 0 saturated heterocycles. The Balaban J connectivity index is 0.000000252. The number of aliphatic hydroxyl groups excluding tert-OH is 2. The summed E-state index contributed by atoms with van der Waals surface area (Å²) < 4.78 is 2.58. The number of rotatable bonds is 8. The van der Waals surface area contributed by atoms with Crippen LogP contribution in [0.2, 0.25) is 0 Å². The number of halogens is 1. The molecular formula is C50H52IN11O4. The van der Waals surface area contributed by atoms with E-state index in [4.69, 9.17) is 26.9 Å². The van der Waals surface area contributed by atoms with Crippen molar-refractivity contribution in [3.05, 3.63) is 162 Å². The minimum absolute atomic E-state index is 0. The van der Waals surface area contributed by atoms with Crippen LogP contribution < -0.4 is 16.8 Å². The SMILES string of the molecule is C.C.Cc1cnc2c(C#N)cc(CO)cc2c1.Cc1cnc2c(C(N)=O)cc(Cn3cc(C(=O)NCc4c(C)cc(N)nc4C)c(C#N)n3)cc2c1.Cc1cnc2c(I)cc(CO)cc2c1. The lowest BCUT2D eigenvalue weighted by Gasteiger charge is -2.11. The Morgan fingerprint density at radius 2 is 1.27 bits per heavy atom. The molecule has 3 aromatic carbocycles. The zero-order valence-corrected chi connectivity index (χ0v) is 37.9. The van der Waals surface area contributed by atoms with Crippen molar-refractivity contribution >= 4 is 72.9 Å². The molecule has 15 nitrogen and oxygen atoms in total. The van der Waals surface area contributed by atoms with Crippen LogP contribution in [0.15, 0.2) is 85.5 Å². The fourth-order valence-corrected chi connectivity index (χ4v) is 7.97. The number of pyridine rings is 4. The predicted octanol–water partition coefficient (Wildman–Crippen LogP) is 8.10. The second-order valence-electron chi connectivity index (χ2n) is 15.2. The average molecular weight is 998 g/mol. The lowest BCUT2D eigenvalue weighted by atomic mass is 10.0. The number of nitrogens with zero attached hydrogens (tertiary/aromatic N) is 8. The van der Waals surface area contributed by atoms with Gasteiger partial charge in [0.1, 0.15) is 18.0 Å². The maximum absolute atomic E-state index is 12.9. The van der Waals surface area contributed by atoms with Crippen LogP contribution in [-0.2, 0) is 26.3 Å². The van der Waals surface area contributed by atoms with Crippen molar-refractivity contribution in [2.24, 2.45) is 5.73 Å². The molecule has 5 aromatic heterocycles. The molecule has 2 amide bonds. The van der Waals surface area contributed by atoms with E-state index >= 15 is 0 Å². The molecule has 338 valence electrons. The summed E-state index contributed by atoms with van der Waals surface area (Å²) in [5.41, 5.74) is 22.6. The minimum Gasteiger partial charge on any atom is -0.392 e. The quantitative estimate of drug-likeness (QED) is 0.0905. The highest BCUT2D eigenvalue weighted by Crippen LogP contribution is 2.24. The van der Waals surface area contributed by atoms with Gasteiger partial charge in [-0.1, -0.05) is 14.9 Å². The van der Waals surface area contributed by atoms with Gasteiger partial charge in [-0.15, -0.1) is 0 Å². The molecule has 0 spiro atoms. The van der Waals surface area contributed by atoms with Crippen molar-refractivity contribution in [2.75, 3.05) is 5.73 Å². The highest BCUT2D eigenvalue weighted by molar-refractivity contribution is 14.1. The van der Waals surface area contributed by atoms with Gasteiger partial charge in [0.15, 0.2) is 5.69 Å². The molecular weight excluding hydrogens is 946 g/mol. The summed E-state index contributed by atoms with van der Waals surface area (Å²) in [6.07, 6.45) is 6.79. The number of anilines is 1. The van der Waals surface area contributed by atoms with Crippen LogP contribution in [0.1, 0.15) is 97.0 Å². The van der Waals surface area contributed by atoms with Crippen LogP contribution in [0.3, 0.4) is 0 Å². The summed E-state index contributed by atoms with van der Waals surface area (Å²) in [6.45, 7) is 10.1. The van der Waals surface area contributed by atoms with E-state index in [0.717, 1.165) is 75.4 Å². The van der Waals surface area contributed by atoms with Gasteiger partial charge in [0.2, 0.25) is 0 Å². The van der Waals surface area contributed by atoms with Crippen molar-refractivity contribution in [2.45, 2.75) is 75.8 Å². The number of aromatic nitrogens is 6. The molecule has 0 aliphatic rings. The lowest BCUT2D eigenvalue weighted by Crippen LogP contribution is -2.24. The Hall–Kier alpha value is -7.38. The van der Waals surface area contributed by atoms with Crippen molar-refractivity contribution in [3.63, 3.8) is 0 Å². The highest BCUT2D eigenvalue weighted by atomic mass is 127. The number of carbonyl (C=O) groups is 2. The van der Waals surface area contributed by atoms with E-state index in [0.29, 0.717) is 28.0 Å². The number of fused-ring (bicyclic) bond motifs is 3. The zero-order valence-electron chi connectivity index (χ0n) is 35.7. The fraction of sp³-hybridized carbons (Fsp3) is 0.220. The largest absolute Gasteiger partial charge is 0.392 e. The first kappa shape index (κ1) is 51.3. The van der Waals surface area contributed by atoms with Crippen molar-refractivity contribution in [1.82, 2.24) is 35.0 Å². The molecule has 0 bridgehead atoms. The van der Waals surface area contributed by atoms with Crippen molar-refractivity contribution < 1.29 is 19.8 Å². The lowest BCUT2D eigenvalue weighted by molar-refractivity contribution is 0.0949. The van der Waals surface area contributed by atoms with Crippen LogP contribution >= 0.6 is 22.6 Å². The molecule has 0 unspecified atom stereocenters. The van der Waals surface area contributed by atoms with E-state index in [1.165, 1.54) is 10.9 Å². The van der Waals surface area contributed by atoms with Crippen molar-refractivity contribution in [1.29, 1.82) is 10.5 Å². The third-order valence-electron chi connectivity index (χ3n) is 10.1. The van der Waals surface area contributed by atoms with Crippen LogP contribution in [-0.4, -0.2) is 51.7 Å². The number of hydrogen-bond donors (Lipinski definition) is 5. The van der Waals surface area contributed by atoms with Gasteiger partial charge in [0.05, 0.1) is 53.0 Å². The zero-order chi connectivity index (χ0) is 46.2. The van der Waals surface area contributed by atoms with E-state index in [9.17, 15) is 14.9 Å². The molecule has 5 heterocycles. The molecule has 0 saturated carbocycles. The van der Waals surface area contributed by atoms with E-state index in [1.807, 2.05) is 83.3 Å². The monoisotopic (exact) mass is 997 g/mol. The normalized spacial score (nSPS) is 10.3. The Morgan fingerprint density at radius 3 is 1.83 bits per heavy atom. The van der Waals surface area contributed by atoms with Gasteiger partial charge in [0.25, 0.3) is 11.8 Å². The van der Waals surface area contributed by atoms with E-state index in [-0.39, 0.29) is 52.4 Å². The first-order valence-electron chi connectivity index (χ1n) is 19.8. The molecule has 0 aliphatic heterocycles. The number of amides is 2. The van der Waals surface area contributed by atoms with Crippen LogP contribution in [0.5, 0.6) is 0 Å². The van der Waals surface area contributed by atoms with Gasteiger partial charge < -0.3 is 27.0 Å². The third kappa shape index (κ3) is 12.0. The first-order chi connectivity index (χ1) is 30.6.